The van der Waals surface area contributed by atoms with Gasteiger partial charge in [-0.1, -0.05) is 36.9 Å². The molecule has 1 amide bonds. The lowest BCUT2D eigenvalue weighted by molar-refractivity contribution is -0.127. The Kier molecular flexibility index (Phi) is 9.00. The molecule has 1 saturated heterocycles. The zero-order valence-electron chi connectivity index (χ0n) is 22.9. The summed E-state index contributed by atoms with van der Waals surface area (Å²) >= 11 is 0. The first-order chi connectivity index (χ1) is 18.4. The highest BCUT2D eigenvalue weighted by atomic mass is 16.5. The molecule has 0 aliphatic carbocycles. The van der Waals surface area contributed by atoms with Crippen LogP contribution in [0.3, 0.4) is 0 Å². The Hall–Kier alpha value is -3.87. The van der Waals surface area contributed by atoms with Crippen LogP contribution in [0.2, 0.25) is 0 Å². The van der Waals surface area contributed by atoms with Crippen LogP contribution in [0.5, 0.6) is 11.5 Å². The largest absolute Gasteiger partial charge is 0.457 e. The van der Waals surface area contributed by atoms with Crippen molar-refractivity contribution in [2.45, 2.75) is 52.6 Å². The zero-order valence-corrected chi connectivity index (χ0v) is 22.9. The quantitative estimate of drug-likeness (QED) is 0.317. The number of nitrogens with one attached hydrogen (secondary N) is 1. The lowest BCUT2D eigenvalue weighted by atomic mass is 9.95. The standard InChI is InChI=1S/C31H39N5O2/c1-6-28(37)35-18-16-24(17-19-35)20-36(23(4)5)31-29(30(32-21-33-31)34-22(2)3)25-12-14-27(15-13-25)38-26-10-8-7-9-11-26/h6-15,21-24H,1,16-20H2,2-5H3,(H,32,33,34). The molecule has 0 saturated carbocycles. The Morgan fingerprint density at radius 1 is 1.05 bits per heavy atom. The number of carbonyl (C=O) groups excluding carboxylic acids is 1. The van der Waals surface area contributed by atoms with E-state index in [0.29, 0.717) is 5.92 Å². The summed E-state index contributed by atoms with van der Waals surface area (Å²) in [5, 5.41) is 3.53. The molecule has 1 N–H and O–H groups in total. The van der Waals surface area contributed by atoms with E-state index in [1.807, 2.05) is 47.4 Å². The van der Waals surface area contributed by atoms with Gasteiger partial charge in [-0.3, -0.25) is 4.79 Å². The van der Waals surface area contributed by atoms with E-state index >= 15 is 0 Å². The minimum atomic E-state index is 0.0198. The third kappa shape index (κ3) is 6.71. The van der Waals surface area contributed by atoms with Gasteiger partial charge >= 0.3 is 0 Å². The number of piperidine rings is 1. The van der Waals surface area contributed by atoms with Gasteiger partial charge in [-0.2, -0.15) is 0 Å². The highest BCUT2D eigenvalue weighted by Crippen LogP contribution is 2.37. The van der Waals surface area contributed by atoms with E-state index in [9.17, 15) is 4.79 Å². The van der Waals surface area contributed by atoms with Gasteiger partial charge in [0.2, 0.25) is 5.91 Å². The molecule has 1 fully saturated rings. The van der Waals surface area contributed by atoms with Crippen LogP contribution in [0, 0.1) is 5.92 Å². The van der Waals surface area contributed by atoms with E-state index in [2.05, 4.69) is 61.6 Å². The fourth-order valence-electron chi connectivity index (χ4n) is 4.84. The van der Waals surface area contributed by atoms with Crippen LogP contribution in [0.1, 0.15) is 40.5 Å². The van der Waals surface area contributed by atoms with Gasteiger partial charge in [-0.05, 0) is 82.4 Å². The molecule has 1 aliphatic rings. The Balaban J connectivity index is 1.63. The van der Waals surface area contributed by atoms with E-state index < -0.39 is 0 Å². The van der Waals surface area contributed by atoms with Crippen molar-refractivity contribution < 1.29 is 9.53 Å². The molecule has 7 heteroatoms. The molecular weight excluding hydrogens is 474 g/mol. The molecule has 3 aromatic rings. The van der Waals surface area contributed by atoms with E-state index in [4.69, 9.17) is 9.72 Å². The first kappa shape index (κ1) is 27.2. The minimum Gasteiger partial charge on any atom is -0.457 e. The molecule has 4 rings (SSSR count). The Labute approximate surface area is 226 Å². The smallest absolute Gasteiger partial charge is 0.245 e. The molecule has 0 spiro atoms. The maximum atomic E-state index is 12.0. The van der Waals surface area contributed by atoms with Crippen LogP contribution in [0.4, 0.5) is 11.6 Å². The maximum Gasteiger partial charge on any atom is 0.245 e. The van der Waals surface area contributed by atoms with E-state index in [0.717, 1.165) is 66.7 Å². The van der Waals surface area contributed by atoms with Crippen LogP contribution in [0.15, 0.2) is 73.6 Å². The molecule has 0 unspecified atom stereocenters. The summed E-state index contributed by atoms with van der Waals surface area (Å²) in [6.45, 7) is 14.7. The summed E-state index contributed by atoms with van der Waals surface area (Å²) in [5.74, 6) is 3.80. The predicted octanol–water partition coefficient (Wildman–Crippen LogP) is 6.40. The van der Waals surface area contributed by atoms with Gasteiger partial charge in [0.15, 0.2) is 0 Å². The third-order valence-corrected chi connectivity index (χ3v) is 6.83. The number of ether oxygens (including phenoxy) is 1. The zero-order chi connectivity index (χ0) is 27.1. The number of hydrogen-bond acceptors (Lipinski definition) is 6. The van der Waals surface area contributed by atoms with E-state index in [-0.39, 0.29) is 18.0 Å². The normalized spacial score (nSPS) is 14.0. The molecule has 2 heterocycles. The fraction of sp³-hybridized carbons (Fsp3) is 0.387. The number of benzene rings is 2. The van der Waals surface area contributed by atoms with Crippen molar-refractivity contribution in [3.63, 3.8) is 0 Å². The molecule has 0 radical (unpaired) electrons. The second-order valence-corrected chi connectivity index (χ2v) is 10.4. The second-order valence-electron chi connectivity index (χ2n) is 10.4. The van der Waals surface area contributed by atoms with Crippen molar-refractivity contribution in [1.29, 1.82) is 0 Å². The van der Waals surface area contributed by atoms with Crippen LogP contribution >= 0.6 is 0 Å². The van der Waals surface area contributed by atoms with Crippen LogP contribution in [-0.4, -0.2) is 52.5 Å². The minimum absolute atomic E-state index is 0.0198. The molecule has 0 bridgehead atoms. The lowest BCUT2D eigenvalue weighted by Crippen LogP contribution is -2.43. The number of likely N-dealkylation sites (tertiary alicyclic amines) is 1. The second kappa shape index (κ2) is 12.6. The van der Waals surface area contributed by atoms with E-state index in [1.54, 1.807) is 6.33 Å². The molecule has 200 valence electrons. The number of amides is 1. The molecule has 1 aliphatic heterocycles. The Morgan fingerprint density at radius 2 is 1.71 bits per heavy atom. The van der Waals surface area contributed by atoms with Crippen molar-refractivity contribution in [2.24, 2.45) is 5.92 Å². The number of aromatic nitrogens is 2. The van der Waals surface area contributed by atoms with Gasteiger partial charge in [0.05, 0.1) is 5.56 Å². The van der Waals surface area contributed by atoms with Crippen molar-refractivity contribution in [3.05, 3.63) is 73.6 Å². The average molecular weight is 514 g/mol. The molecule has 1 aromatic heterocycles. The summed E-state index contributed by atoms with van der Waals surface area (Å²) in [6, 6.07) is 18.4. The summed E-state index contributed by atoms with van der Waals surface area (Å²) in [6.07, 6.45) is 4.99. The van der Waals surface area contributed by atoms with Gasteiger partial charge in [0.25, 0.3) is 0 Å². The van der Waals surface area contributed by atoms with Gasteiger partial charge in [-0.25, -0.2) is 9.97 Å². The SMILES string of the molecule is C=CC(=O)N1CCC(CN(c2ncnc(NC(C)C)c2-c2ccc(Oc3ccccc3)cc2)C(C)C)CC1. The summed E-state index contributed by atoms with van der Waals surface area (Å²) < 4.78 is 6.02. The first-order valence-corrected chi connectivity index (χ1v) is 13.5. The van der Waals surface area contributed by atoms with Crippen molar-refractivity contribution >= 4 is 17.5 Å². The predicted molar refractivity (Wildman–Crippen MR) is 155 cm³/mol. The number of anilines is 2. The van der Waals surface area contributed by atoms with E-state index in [1.165, 1.54) is 6.08 Å². The average Bonchev–Trinajstić information content (AvgIpc) is 2.92. The van der Waals surface area contributed by atoms with Crippen molar-refractivity contribution in [2.75, 3.05) is 29.9 Å². The van der Waals surface area contributed by atoms with Crippen LogP contribution in [-0.2, 0) is 4.79 Å². The van der Waals surface area contributed by atoms with Gasteiger partial charge in [0, 0.05) is 31.7 Å². The van der Waals surface area contributed by atoms with Gasteiger partial charge < -0.3 is 19.9 Å². The Bertz CT molecular complexity index is 1200. The fourth-order valence-corrected chi connectivity index (χ4v) is 4.84. The van der Waals surface area contributed by atoms with Crippen LogP contribution in [0.25, 0.3) is 11.1 Å². The van der Waals surface area contributed by atoms with Gasteiger partial charge in [0.1, 0.15) is 29.5 Å². The monoisotopic (exact) mass is 513 g/mol. The molecule has 2 aromatic carbocycles. The Morgan fingerprint density at radius 3 is 2.32 bits per heavy atom. The van der Waals surface area contributed by atoms with Gasteiger partial charge in [-0.15, -0.1) is 0 Å². The van der Waals surface area contributed by atoms with Crippen molar-refractivity contribution in [3.8, 4) is 22.6 Å². The first-order valence-electron chi connectivity index (χ1n) is 13.5. The topological polar surface area (TPSA) is 70.6 Å². The number of para-hydroxylation sites is 1. The maximum absolute atomic E-state index is 12.0. The van der Waals surface area contributed by atoms with Crippen molar-refractivity contribution in [1.82, 2.24) is 14.9 Å². The molecule has 38 heavy (non-hydrogen) atoms. The third-order valence-electron chi connectivity index (χ3n) is 6.83. The number of hydrogen-bond donors (Lipinski definition) is 1. The molecular formula is C31H39N5O2. The van der Waals surface area contributed by atoms with Crippen LogP contribution < -0.4 is 15.0 Å². The summed E-state index contributed by atoms with van der Waals surface area (Å²) in [4.78, 5) is 25.8. The lowest BCUT2D eigenvalue weighted by Gasteiger charge is -2.37. The highest BCUT2D eigenvalue weighted by molar-refractivity contribution is 5.87. The number of rotatable bonds is 10. The summed E-state index contributed by atoms with van der Waals surface area (Å²) in [5.41, 5.74) is 2.02. The number of nitrogens with zero attached hydrogens (tertiary/aromatic N) is 4. The summed E-state index contributed by atoms with van der Waals surface area (Å²) in [7, 11) is 0. The molecule has 0 atom stereocenters. The molecule has 7 nitrogen and oxygen atoms in total. The highest BCUT2D eigenvalue weighted by Gasteiger charge is 2.27. The number of carbonyl (C=O) groups is 1.